The Morgan fingerprint density at radius 1 is 1.35 bits per heavy atom. The lowest BCUT2D eigenvalue weighted by atomic mass is 9.82. The Morgan fingerprint density at radius 2 is 2.05 bits per heavy atom. The molecule has 1 aromatic rings. The first-order valence-electron chi connectivity index (χ1n) is 6.83. The van der Waals surface area contributed by atoms with E-state index in [-0.39, 0.29) is 23.8 Å². The molecule has 1 aromatic heterocycles. The van der Waals surface area contributed by atoms with E-state index >= 15 is 0 Å². The first kappa shape index (κ1) is 13.4. The zero-order valence-corrected chi connectivity index (χ0v) is 12.0. The summed E-state index contributed by atoms with van der Waals surface area (Å²) in [5.74, 6) is -1.88. The molecule has 1 heterocycles. The second-order valence-electron chi connectivity index (χ2n) is 5.58. The third kappa shape index (κ3) is 2.16. The van der Waals surface area contributed by atoms with Crippen molar-refractivity contribution in [3.8, 4) is 0 Å². The van der Waals surface area contributed by atoms with Crippen molar-refractivity contribution in [3.05, 3.63) is 34.5 Å². The summed E-state index contributed by atoms with van der Waals surface area (Å²) >= 11 is 1.59. The van der Waals surface area contributed by atoms with Crippen molar-refractivity contribution < 1.29 is 14.7 Å². The topological polar surface area (TPSA) is 66.4 Å². The number of thiophene rings is 1. The van der Waals surface area contributed by atoms with Crippen molar-refractivity contribution in [1.82, 2.24) is 5.32 Å². The van der Waals surface area contributed by atoms with Crippen LogP contribution in [0.2, 0.25) is 0 Å². The minimum atomic E-state index is -0.856. The number of nitrogens with one attached hydrogen (secondary N) is 1. The van der Waals surface area contributed by atoms with Gasteiger partial charge in [-0.15, -0.1) is 11.3 Å². The second-order valence-corrected chi connectivity index (χ2v) is 6.56. The van der Waals surface area contributed by atoms with Crippen LogP contribution in [0.5, 0.6) is 0 Å². The fourth-order valence-corrected chi connectivity index (χ4v) is 4.17. The van der Waals surface area contributed by atoms with E-state index < -0.39 is 17.8 Å². The lowest BCUT2D eigenvalue weighted by Gasteiger charge is -2.25. The summed E-state index contributed by atoms with van der Waals surface area (Å²) in [4.78, 5) is 24.9. The van der Waals surface area contributed by atoms with E-state index in [0.717, 1.165) is 11.3 Å². The quantitative estimate of drug-likeness (QED) is 0.837. The van der Waals surface area contributed by atoms with Gasteiger partial charge in [0.05, 0.1) is 17.9 Å². The summed E-state index contributed by atoms with van der Waals surface area (Å²) in [6, 6.07) is 3.86. The molecule has 2 aliphatic rings. The maximum absolute atomic E-state index is 12.5. The van der Waals surface area contributed by atoms with E-state index in [4.69, 9.17) is 0 Å². The molecule has 0 spiro atoms. The molecular formula is C15H17NO3S. The summed E-state index contributed by atoms with van der Waals surface area (Å²) in [5, 5.41) is 14.3. The van der Waals surface area contributed by atoms with Crippen LogP contribution in [0.3, 0.4) is 0 Å². The summed E-state index contributed by atoms with van der Waals surface area (Å²) in [5.41, 5.74) is 0. The lowest BCUT2D eigenvalue weighted by molar-refractivity contribution is -0.148. The molecule has 0 radical (unpaired) electrons. The molecule has 0 unspecified atom stereocenters. The van der Waals surface area contributed by atoms with Crippen molar-refractivity contribution in [3.63, 3.8) is 0 Å². The molecule has 0 aliphatic heterocycles. The van der Waals surface area contributed by atoms with Crippen LogP contribution in [0.1, 0.15) is 24.3 Å². The Hall–Kier alpha value is -1.62. The average Bonchev–Trinajstić information content (AvgIpc) is 3.13. The van der Waals surface area contributed by atoms with E-state index in [2.05, 4.69) is 5.32 Å². The van der Waals surface area contributed by atoms with Gasteiger partial charge in [-0.2, -0.15) is 0 Å². The monoisotopic (exact) mass is 291 g/mol. The number of amides is 1. The smallest absolute Gasteiger partial charge is 0.307 e. The number of carboxylic acids is 1. The normalized spacial score (nSPS) is 32.2. The molecule has 106 valence electrons. The summed E-state index contributed by atoms with van der Waals surface area (Å²) in [6.07, 6.45) is 4.75. The van der Waals surface area contributed by atoms with Crippen molar-refractivity contribution in [1.29, 1.82) is 0 Å². The number of hydrogen-bond donors (Lipinski definition) is 2. The second kappa shape index (κ2) is 5.05. The van der Waals surface area contributed by atoms with E-state index in [0.29, 0.717) is 0 Å². The van der Waals surface area contributed by atoms with Gasteiger partial charge >= 0.3 is 5.97 Å². The maximum atomic E-state index is 12.5. The van der Waals surface area contributed by atoms with E-state index in [1.54, 1.807) is 11.3 Å². The van der Waals surface area contributed by atoms with Gasteiger partial charge in [0.2, 0.25) is 5.91 Å². The Balaban J connectivity index is 1.73. The van der Waals surface area contributed by atoms with Crippen molar-refractivity contribution >= 4 is 23.2 Å². The van der Waals surface area contributed by atoms with Crippen molar-refractivity contribution in [2.75, 3.05) is 0 Å². The predicted molar refractivity (Wildman–Crippen MR) is 76.2 cm³/mol. The van der Waals surface area contributed by atoms with Crippen LogP contribution in [0.15, 0.2) is 29.7 Å². The Bertz CT molecular complexity index is 551. The minimum absolute atomic E-state index is 0.0188. The van der Waals surface area contributed by atoms with Crippen LogP contribution < -0.4 is 5.32 Å². The third-order valence-corrected chi connectivity index (χ3v) is 5.43. The van der Waals surface area contributed by atoms with Crippen LogP contribution in [-0.2, 0) is 9.59 Å². The molecule has 2 N–H and O–H groups in total. The third-order valence-electron chi connectivity index (χ3n) is 4.38. The highest BCUT2D eigenvalue weighted by molar-refractivity contribution is 7.10. The van der Waals surface area contributed by atoms with E-state index in [1.807, 2.05) is 36.6 Å². The number of carboxylic acid groups (broad SMARTS) is 1. The molecule has 0 aromatic carbocycles. The first-order chi connectivity index (χ1) is 9.58. The largest absolute Gasteiger partial charge is 0.481 e. The molecule has 2 bridgehead atoms. The van der Waals surface area contributed by atoms with Crippen LogP contribution >= 0.6 is 11.3 Å². The molecule has 3 rings (SSSR count). The maximum Gasteiger partial charge on any atom is 0.307 e. The predicted octanol–water partition coefficient (Wildman–Crippen LogP) is 2.45. The molecule has 1 saturated carbocycles. The Morgan fingerprint density at radius 3 is 2.65 bits per heavy atom. The van der Waals surface area contributed by atoms with Gasteiger partial charge in [-0.05, 0) is 36.6 Å². The zero-order chi connectivity index (χ0) is 14.3. The van der Waals surface area contributed by atoms with Gasteiger partial charge in [-0.1, -0.05) is 18.2 Å². The molecular weight excluding hydrogens is 274 g/mol. The lowest BCUT2D eigenvalue weighted by Crippen LogP contribution is -2.40. The minimum Gasteiger partial charge on any atom is -0.481 e. The average molecular weight is 291 g/mol. The molecule has 4 nitrogen and oxygen atoms in total. The van der Waals surface area contributed by atoms with Crippen molar-refractivity contribution in [2.45, 2.75) is 19.4 Å². The molecule has 1 fully saturated rings. The summed E-state index contributed by atoms with van der Waals surface area (Å²) < 4.78 is 0. The Labute approximate surface area is 121 Å². The van der Waals surface area contributed by atoms with Gasteiger partial charge in [0.15, 0.2) is 0 Å². The van der Waals surface area contributed by atoms with Gasteiger partial charge in [-0.25, -0.2) is 0 Å². The molecule has 2 aliphatic carbocycles. The summed E-state index contributed by atoms with van der Waals surface area (Å²) in [6.45, 7) is 1.93. The molecule has 20 heavy (non-hydrogen) atoms. The molecule has 1 amide bonds. The zero-order valence-electron chi connectivity index (χ0n) is 11.2. The molecule has 5 heteroatoms. The number of carbonyl (C=O) groups is 2. The fourth-order valence-electron chi connectivity index (χ4n) is 3.43. The molecule has 5 atom stereocenters. The van der Waals surface area contributed by atoms with Gasteiger partial charge in [0.1, 0.15) is 0 Å². The van der Waals surface area contributed by atoms with Crippen LogP contribution in [0.4, 0.5) is 0 Å². The van der Waals surface area contributed by atoms with E-state index in [9.17, 15) is 14.7 Å². The van der Waals surface area contributed by atoms with Gasteiger partial charge in [0.25, 0.3) is 0 Å². The highest BCUT2D eigenvalue weighted by Crippen LogP contribution is 2.48. The Kier molecular flexibility index (Phi) is 3.38. The van der Waals surface area contributed by atoms with Crippen molar-refractivity contribution in [2.24, 2.45) is 23.7 Å². The van der Waals surface area contributed by atoms with Crippen LogP contribution in [-0.4, -0.2) is 17.0 Å². The van der Waals surface area contributed by atoms with Crippen LogP contribution in [0.25, 0.3) is 0 Å². The van der Waals surface area contributed by atoms with Crippen LogP contribution in [0, 0.1) is 23.7 Å². The van der Waals surface area contributed by atoms with E-state index in [1.165, 1.54) is 0 Å². The summed E-state index contributed by atoms with van der Waals surface area (Å²) in [7, 11) is 0. The van der Waals surface area contributed by atoms with Gasteiger partial charge in [0, 0.05) is 4.88 Å². The standard InChI is InChI=1S/C15H17NO3S/c1-8(11-3-2-6-20-11)16-14(17)12-9-4-5-10(7-9)13(12)15(18)19/h2-6,8-10,12-13H,7H2,1H3,(H,16,17)(H,18,19)/t8-,9-,10-,12+,13+/m0/s1. The van der Waals surface area contributed by atoms with Gasteiger partial charge < -0.3 is 10.4 Å². The number of rotatable bonds is 4. The highest BCUT2D eigenvalue weighted by atomic mass is 32.1. The SMILES string of the molecule is C[C@H](NC(=O)[C@H]1[C@H](C(=O)O)[C@H]2C=C[C@H]1C2)c1cccs1. The number of aliphatic carboxylic acids is 1. The first-order valence-corrected chi connectivity index (χ1v) is 7.71. The number of fused-ring (bicyclic) bond motifs is 2. The number of allylic oxidation sites excluding steroid dienone is 2. The molecule has 0 saturated heterocycles. The number of carbonyl (C=O) groups excluding carboxylic acids is 1. The van der Waals surface area contributed by atoms with Gasteiger partial charge in [-0.3, -0.25) is 9.59 Å². The highest BCUT2D eigenvalue weighted by Gasteiger charge is 2.51. The fraction of sp³-hybridized carbons (Fsp3) is 0.467. The number of hydrogen-bond acceptors (Lipinski definition) is 3.